The second-order valence-corrected chi connectivity index (χ2v) is 8.46. The van der Waals surface area contributed by atoms with Crippen LogP contribution in [0.2, 0.25) is 0 Å². The third-order valence-electron chi connectivity index (χ3n) is 4.76. The number of nitrogens with zero attached hydrogens (tertiary/aromatic N) is 1. The normalized spacial score (nSPS) is 25.4. The highest BCUT2D eigenvalue weighted by atomic mass is 32.2. The zero-order chi connectivity index (χ0) is 18.2. The van der Waals surface area contributed by atoms with Crippen LogP contribution in [0, 0.1) is 29.5 Å². The van der Waals surface area contributed by atoms with Crippen LogP contribution in [0.1, 0.15) is 17.0 Å². The van der Waals surface area contributed by atoms with Gasteiger partial charge in [0, 0.05) is 13.0 Å². The zero-order valence-electron chi connectivity index (χ0n) is 13.9. The van der Waals surface area contributed by atoms with Gasteiger partial charge in [-0.05, 0) is 36.8 Å². The third-order valence-corrected chi connectivity index (χ3v) is 7.05. The van der Waals surface area contributed by atoms with Gasteiger partial charge in [0.05, 0.1) is 22.8 Å². The van der Waals surface area contributed by atoms with Gasteiger partial charge in [0.2, 0.25) is 0 Å². The first-order valence-electron chi connectivity index (χ1n) is 7.83. The molecule has 130 valence electrons. The number of benzene rings is 2. The van der Waals surface area contributed by atoms with Gasteiger partial charge in [0.15, 0.2) is 9.84 Å². The maximum atomic E-state index is 13.2. The second kappa shape index (κ2) is 6.25. The predicted molar refractivity (Wildman–Crippen MR) is 91.2 cm³/mol. The van der Waals surface area contributed by atoms with Crippen LogP contribution in [0.4, 0.5) is 4.39 Å². The molecule has 0 spiro atoms. The molecule has 2 aromatic carbocycles. The standard InChI is InChI=1S/C19H18FNO3S/c1-13-3-9-16(10-4-13)25(22,23)18-17(19(18,11-21)12-24-2)14-5-7-15(20)8-6-14/h3-10,17-18H,12H2,1-2H3. The monoisotopic (exact) mass is 359 g/mol. The SMILES string of the molecule is COCC1(C#N)C(c2ccc(F)cc2)C1S(=O)(=O)c1ccc(C)cc1. The molecular formula is C19H18FNO3S. The van der Waals surface area contributed by atoms with Crippen LogP contribution in [-0.4, -0.2) is 27.4 Å². The molecule has 1 aliphatic carbocycles. The Hall–Kier alpha value is -2.23. The van der Waals surface area contributed by atoms with Gasteiger partial charge >= 0.3 is 0 Å². The highest BCUT2D eigenvalue weighted by Crippen LogP contribution is 2.63. The number of aryl methyl sites for hydroxylation is 1. The fourth-order valence-electron chi connectivity index (χ4n) is 3.45. The van der Waals surface area contributed by atoms with Crippen molar-refractivity contribution in [1.82, 2.24) is 0 Å². The highest BCUT2D eigenvalue weighted by Gasteiger charge is 2.72. The van der Waals surface area contributed by atoms with E-state index in [1.807, 2.05) is 6.92 Å². The molecule has 0 amide bonds. The quantitative estimate of drug-likeness (QED) is 0.822. The Balaban J connectivity index is 2.07. The van der Waals surface area contributed by atoms with E-state index in [4.69, 9.17) is 4.74 Å². The molecule has 3 atom stereocenters. The lowest BCUT2D eigenvalue weighted by molar-refractivity contribution is 0.162. The van der Waals surface area contributed by atoms with Gasteiger partial charge in [-0.3, -0.25) is 0 Å². The Morgan fingerprint density at radius 1 is 1.16 bits per heavy atom. The van der Waals surface area contributed by atoms with Gasteiger partial charge in [-0.1, -0.05) is 29.8 Å². The molecule has 4 nitrogen and oxygen atoms in total. The molecular weight excluding hydrogens is 341 g/mol. The van der Waals surface area contributed by atoms with Crippen molar-refractivity contribution >= 4 is 9.84 Å². The van der Waals surface area contributed by atoms with E-state index in [1.165, 1.54) is 31.4 Å². The molecule has 0 radical (unpaired) electrons. The number of halogens is 1. The summed E-state index contributed by atoms with van der Waals surface area (Å²) in [6.45, 7) is 1.88. The average Bonchev–Trinajstić information content (AvgIpc) is 3.26. The van der Waals surface area contributed by atoms with Crippen molar-refractivity contribution in [3.8, 4) is 6.07 Å². The number of methoxy groups -OCH3 is 1. The van der Waals surface area contributed by atoms with Crippen LogP contribution in [0.3, 0.4) is 0 Å². The third kappa shape index (κ3) is 2.84. The summed E-state index contributed by atoms with van der Waals surface area (Å²) in [6.07, 6.45) is 0. The van der Waals surface area contributed by atoms with E-state index in [0.717, 1.165) is 5.56 Å². The van der Waals surface area contributed by atoms with Crippen LogP contribution < -0.4 is 0 Å². The number of rotatable bonds is 5. The van der Waals surface area contributed by atoms with Crippen molar-refractivity contribution < 1.29 is 17.5 Å². The first-order chi connectivity index (χ1) is 11.9. The summed E-state index contributed by atoms with van der Waals surface area (Å²) in [5.74, 6) is -0.957. The Morgan fingerprint density at radius 3 is 2.28 bits per heavy atom. The lowest BCUT2D eigenvalue weighted by atomic mass is 10.0. The molecule has 0 bridgehead atoms. The van der Waals surface area contributed by atoms with Gasteiger partial charge in [-0.2, -0.15) is 5.26 Å². The van der Waals surface area contributed by atoms with Crippen molar-refractivity contribution in [2.24, 2.45) is 5.41 Å². The predicted octanol–water partition coefficient (Wildman–Crippen LogP) is 3.23. The van der Waals surface area contributed by atoms with Crippen LogP contribution in [-0.2, 0) is 14.6 Å². The molecule has 0 N–H and O–H groups in total. The van der Waals surface area contributed by atoms with Crippen LogP contribution >= 0.6 is 0 Å². The Kier molecular flexibility index (Phi) is 4.40. The number of sulfone groups is 1. The molecule has 6 heteroatoms. The first-order valence-corrected chi connectivity index (χ1v) is 9.37. The summed E-state index contributed by atoms with van der Waals surface area (Å²) in [5, 5.41) is 8.81. The lowest BCUT2D eigenvalue weighted by Gasteiger charge is -2.08. The summed E-state index contributed by atoms with van der Waals surface area (Å²) in [7, 11) is -2.29. The number of hydrogen-bond donors (Lipinski definition) is 0. The minimum absolute atomic E-state index is 0.00129. The van der Waals surface area contributed by atoms with E-state index in [1.54, 1.807) is 24.3 Å². The Morgan fingerprint density at radius 2 is 1.76 bits per heavy atom. The number of nitriles is 1. The second-order valence-electron chi connectivity index (χ2n) is 6.39. The van der Waals surface area contributed by atoms with Gasteiger partial charge in [0.25, 0.3) is 0 Å². The van der Waals surface area contributed by atoms with E-state index in [-0.39, 0.29) is 11.5 Å². The lowest BCUT2D eigenvalue weighted by Crippen LogP contribution is -2.19. The van der Waals surface area contributed by atoms with Crippen molar-refractivity contribution in [1.29, 1.82) is 5.26 Å². The van der Waals surface area contributed by atoms with Gasteiger partial charge in [-0.25, -0.2) is 12.8 Å². The molecule has 0 saturated heterocycles. The molecule has 3 unspecified atom stereocenters. The fraction of sp³-hybridized carbons (Fsp3) is 0.316. The molecule has 25 heavy (non-hydrogen) atoms. The largest absolute Gasteiger partial charge is 0.383 e. The Labute approximate surface area is 146 Å². The van der Waals surface area contributed by atoms with Crippen molar-refractivity contribution in [2.45, 2.75) is 23.0 Å². The van der Waals surface area contributed by atoms with Crippen LogP contribution in [0.5, 0.6) is 0 Å². The zero-order valence-corrected chi connectivity index (χ0v) is 14.8. The maximum absolute atomic E-state index is 13.2. The van der Waals surface area contributed by atoms with E-state index in [9.17, 15) is 18.1 Å². The Bertz CT molecular complexity index is 917. The first kappa shape index (κ1) is 17.6. The molecule has 0 heterocycles. The summed E-state index contributed by atoms with van der Waals surface area (Å²) in [5.41, 5.74) is 0.407. The smallest absolute Gasteiger partial charge is 0.183 e. The minimum Gasteiger partial charge on any atom is -0.383 e. The van der Waals surface area contributed by atoms with E-state index in [0.29, 0.717) is 5.56 Å². The summed E-state index contributed by atoms with van der Waals surface area (Å²) < 4.78 is 44.6. The molecule has 3 rings (SSSR count). The van der Waals surface area contributed by atoms with Crippen molar-refractivity contribution in [2.75, 3.05) is 13.7 Å². The summed E-state index contributed by atoms with van der Waals surface area (Å²) in [6, 6.07) is 14.3. The van der Waals surface area contributed by atoms with Crippen LogP contribution in [0.25, 0.3) is 0 Å². The summed E-state index contributed by atoms with van der Waals surface area (Å²) >= 11 is 0. The topological polar surface area (TPSA) is 67.2 Å². The van der Waals surface area contributed by atoms with Crippen molar-refractivity contribution in [3.05, 3.63) is 65.5 Å². The molecule has 0 aromatic heterocycles. The van der Waals surface area contributed by atoms with E-state index in [2.05, 4.69) is 6.07 Å². The number of ether oxygens (including phenoxy) is 1. The van der Waals surface area contributed by atoms with Gasteiger partial charge < -0.3 is 4.74 Å². The van der Waals surface area contributed by atoms with Gasteiger partial charge in [0.1, 0.15) is 11.2 Å². The van der Waals surface area contributed by atoms with Crippen LogP contribution in [0.15, 0.2) is 53.4 Å². The molecule has 1 fully saturated rings. The fourth-order valence-corrected chi connectivity index (χ4v) is 5.76. The molecule has 1 saturated carbocycles. The molecule has 1 aliphatic rings. The minimum atomic E-state index is -3.73. The molecule has 2 aromatic rings. The van der Waals surface area contributed by atoms with Crippen molar-refractivity contribution in [3.63, 3.8) is 0 Å². The average molecular weight is 359 g/mol. The summed E-state index contributed by atoms with van der Waals surface area (Å²) in [4.78, 5) is 0.184. The van der Waals surface area contributed by atoms with E-state index >= 15 is 0 Å². The maximum Gasteiger partial charge on any atom is 0.183 e. The molecule has 0 aliphatic heterocycles. The van der Waals surface area contributed by atoms with Gasteiger partial charge in [-0.15, -0.1) is 0 Å². The van der Waals surface area contributed by atoms with E-state index < -0.39 is 32.2 Å². The number of hydrogen-bond acceptors (Lipinski definition) is 4. The highest BCUT2D eigenvalue weighted by molar-refractivity contribution is 7.92.